The Kier molecular flexibility index (Phi) is 5.30. The minimum atomic E-state index is -0.340. The molecule has 1 atom stereocenters. The Bertz CT molecular complexity index is 520. The molecule has 0 radical (unpaired) electrons. The Hall–Kier alpha value is -1.62. The lowest BCUT2D eigenvalue weighted by Gasteiger charge is -2.16. The van der Waals surface area contributed by atoms with E-state index in [0.29, 0.717) is 6.61 Å². The molecule has 1 aromatic heterocycles. The number of carbonyl (C=O) groups excluding carboxylic acids is 1. The summed E-state index contributed by atoms with van der Waals surface area (Å²) in [5.41, 5.74) is 1.70. The van der Waals surface area contributed by atoms with E-state index in [0.717, 1.165) is 17.7 Å². The molecule has 0 bridgehead atoms. The Morgan fingerprint density at radius 3 is 2.63 bits per heavy atom. The van der Waals surface area contributed by atoms with Crippen LogP contribution >= 0.6 is 0 Å². The molecule has 0 saturated heterocycles. The van der Waals surface area contributed by atoms with E-state index in [9.17, 15) is 9.59 Å². The Morgan fingerprint density at radius 2 is 2.11 bits per heavy atom. The van der Waals surface area contributed by atoms with Crippen molar-refractivity contribution < 1.29 is 9.53 Å². The second-order valence-corrected chi connectivity index (χ2v) is 4.72. The number of ether oxygens (including phenoxy) is 1. The van der Waals surface area contributed by atoms with Gasteiger partial charge in [0.1, 0.15) is 5.56 Å². The summed E-state index contributed by atoms with van der Waals surface area (Å²) in [5, 5.41) is 2.82. The normalized spacial score (nSPS) is 12.3. The van der Waals surface area contributed by atoms with Crippen molar-refractivity contribution >= 4 is 5.91 Å². The first kappa shape index (κ1) is 15.4. The molecule has 0 unspecified atom stereocenters. The van der Waals surface area contributed by atoms with E-state index in [-0.39, 0.29) is 23.1 Å². The van der Waals surface area contributed by atoms with Crippen LogP contribution in [0.4, 0.5) is 0 Å². The number of methoxy groups -OCH3 is 1. The van der Waals surface area contributed by atoms with Gasteiger partial charge in [-0.3, -0.25) is 9.59 Å². The van der Waals surface area contributed by atoms with Gasteiger partial charge in [0.15, 0.2) is 0 Å². The molecular weight excluding hydrogens is 244 g/mol. The summed E-state index contributed by atoms with van der Waals surface area (Å²) in [6.07, 6.45) is 0.755. The highest BCUT2D eigenvalue weighted by atomic mass is 16.5. The quantitative estimate of drug-likeness (QED) is 0.870. The van der Waals surface area contributed by atoms with Crippen molar-refractivity contribution in [1.82, 2.24) is 9.88 Å². The van der Waals surface area contributed by atoms with Crippen molar-refractivity contribution in [2.45, 2.75) is 33.2 Å². The molecule has 5 heteroatoms. The van der Waals surface area contributed by atoms with Crippen LogP contribution in [0.15, 0.2) is 10.9 Å². The molecule has 1 rings (SSSR count). The number of hydrogen-bond donors (Lipinski definition) is 1. The fourth-order valence-corrected chi connectivity index (χ4v) is 1.87. The fourth-order valence-electron chi connectivity index (χ4n) is 1.87. The van der Waals surface area contributed by atoms with E-state index in [1.54, 1.807) is 20.2 Å². The smallest absolute Gasteiger partial charge is 0.263 e. The molecule has 5 nitrogen and oxygen atoms in total. The van der Waals surface area contributed by atoms with Crippen molar-refractivity contribution in [2.75, 3.05) is 13.7 Å². The third-order valence-corrected chi connectivity index (χ3v) is 3.41. The second-order valence-electron chi connectivity index (χ2n) is 4.72. The number of carbonyl (C=O) groups is 1. The first-order valence-electron chi connectivity index (χ1n) is 6.39. The Labute approximate surface area is 113 Å². The molecular formula is C14H22N2O3. The second kappa shape index (κ2) is 6.52. The molecule has 0 aromatic carbocycles. The lowest BCUT2D eigenvalue weighted by atomic mass is 10.1. The minimum Gasteiger partial charge on any atom is -0.383 e. The van der Waals surface area contributed by atoms with E-state index in [1.807, 2.05) is 20.8 Å². The highest BCUT2D eigenvalue weighted by Gasteiger charge is 2.17. The average molecular weight is 266 g/mol. The number of nitrogens with one attached hydrogen (secondary N) is 1. The van der Waals surface area contributed by atoms with E-state index in [4.69, 9.17) is 4.74 Å². The van der Waals surface area contributed by atoms with Crippen molar-refractivity contribution in [2.24, 2.45) is 7.05 Å². The van der Waals surface area contributed by atoms with Crippen molar-refractivity contribution in [3.63, 3.8) is 0 Å². The standard InChI is InChI=1S/C14H22N2O3/c1-6-11(8-19-5)15-13(17)12-7-9(2)10(3)16(4)14(12)18/h7,11H,6,8H2,1-5H3,(H,15,17)/t11-/m0/s1. The summed E-state index contributed by atoms with van der Waals surface area (Å²) in [6, 6.07) is 1.57. The molecule has 0 fully saturated rings. The number of nitrogens with zero attached hydrogens (tertiary/aromatic N) is 1. The van der Waals surface area contributed by atoms with Gasteiger partial charge in [-0.1, -0.05) is 6.92 Å². The molecule has 1 aromatic rings. The summed E-state index contributed by atoms with van der Waals surface area (Å²) in [4.78, 5) is 24.2. The molecule has 0 spiro atoms. The molecule has 1 N–H and O–H groups in total. The molecule has 0 aliphatic rings. The minimum absolute atomic E-state index is 0.0798. The van der Waals surface area contributed by atoms with Crippen LogP contribution < -0.4 is 10.9 Å². The molecule has 0 saturated carbocycles. The zero-order chi connectivity index (χ0) is 14.6. The van der Waals surface area contributed by atoms with E-state index in [1.165, 1.54) is 4.57 Å². The topological polar surface area (TPSA) is 60.3 Å². The van der Waals surface area contributed by atoms with Gasteiger partial charge in [-0.15, -0.1) is 0 Å². The third-order valence-electron chi connectivity index (χ3n) is 3.41. The zero-order valence-corrected chi connectivity index (χ0v) is 12.2. The van der Waals surface area contributed by atoms with Gasteiger partial charge in [-0.25, -0.2) is 0 Å². The van der Waals surface area contributed by atoms with Crippen LogP contribution in [0.5, 0.6) is 0 Å². The van der Waals surface area contributed by atoms with E-state index in [2.05, 4.69) is 5.32 Å². The summed E-state index contributed by atoms with van der Waals surface area (Å²) in [5.74, 6) is -0.340. The Morgan fingerprint density at radius 1 is 1.47 bits per heavy atom. The van der Waals surface area contributed by atoms with Gasteiger partial charge in [-0.05, 0) is 31.9 Å². The summed E-state index contributed by atoms with van der Waals surface area (Å²) >= 11 is 0. The monoisotopic (exact) mass is 266 g/mol. The highest BCUT2D eigenvalue weighted by molar-refractivity contribution is 5.94. The maximum Gasteiger partial charge on any atom is 0.263 e. The summed E-state index contributed by atoms with van der Waals surface area (Å²) in [6.45, 7) is 6.14. The van der Waals surface area contributed by atoms with Gasteiger partial charge in [0, 0.05) is 19.9 Å². The molecule has 0 aliphatic carbocycles. The van der Waals surface area contributed by atoms with Crippen molar-refractivity contribution in [3.8, 4) is 0 Å². The van der Waals surface area contributed by atoms with Crippen LogP contribution in [0.3, 0.4) is 0 Å². The van der Waals surface area contributed by atoms with Crippen molar-refractivity contribution in [3.05, 3.63) is 33.2 Å². The van der Waals surface area contributed by atoms with Crippen LogP contribution in [0.25, 0.3) is 0 Å². The predicted octanol–water partition coefficient (Wildman–Crippen LogP) is 1.16. The lowest BCUT2D eigenvalue weighted by Crippen LogP contribution is -2.41. The van der Waals surface area contributed by atoms with Gasteiger partial charge in [0.2, 0.25) is 0 Å². The first-order valence-corrected chi connectivity index (χ1v) is 6.39. The number of aryl methyl sites for hydroxylation is 1. The predicted molar refractivity (Wildman–Crippen MR) is 74.6 cm³/mol. The molecule has 19 heavy (non-hydrogen) atoms. The average Bonchev–Trinajstić information content (AvgIpc) is 2.39. The maximum absolute atomic E-state index is 12.1. The lowest BCUT2D eigenvalue weighted by molar-refractivity contribution is 0.0892. The van der Waals surface area contributed by atoms with Crippen LogP contribution in [0, 0.1) is 13.8 Å². The number of pyridine rings is 1. The number of amides is 1. The summed E-state index contributed by atoms with van der Waals surface area (Å²) < 4.78 is 6.53. The van der Waals surface area contributed by atoms with Crippen LogP contribution in [-0.2, 0) is 11.8 Å². The number of rotatable bonds is 5. The van der Waals surface area contributed by atoms with Gasteiger partial charge in [0.25, 0.3) is 11.5 Å². The first-order chi connectivity index (χ1) is 8.92. The van der Waals surface area contributed by atoms with Gasteiger partial charge in [-0.2, -0.15) is 0 Å². The zero-order valence-electron chi connectivity index (χ0n) is 12.2. The van der Waals surface area contributed by atoms with Crippen LogP contribution in [0.2, 0.25) is 0 Å². The molecule has 0 aliphatic heterocycles. The van der Waals surface area contributed by atoms with Gasteiger partial charge >= 0.3 is 0 Å². The SMILES string of the molecule is CC[C@@H](COC)NC(=O)c1cc(C)c(C)n(C)c1=O. The van der Waals surface area contributed by atoms with Gasteiger partial charge in [0.05, 0.1) is 12.6 Å². The highest BCUT2D eigenvalue weighted by Crippen LogP contribution is 2.05. The fraction of sp³-hybridized carbons (Fsp3) is 0.571. The Balaban J connectivity index is 3.04. The van der Waals surface area contributed by atoms with Crippen molar-refractivity contribution in [1.29, 1.82) is 0 Å². The molecule has 1 heterocycles. The third kappa shape index (κ3) is 3.44. The summed E-state index contributed by atoms with van der Waals surface area (Å²) in [7, 11) is 3.26. The van der Waals surface area contributed by atoms with E-state index < -0.39 is 0 Å². The molecule has 106 valence electrons. The number of hydrogen-bond acceptors (Lipinski definition) is 3. The largest absolute Gasteiger partial charge is 0.383 e. The van der Waals surface area contributed by atoms with Gasteiger partial charge < -0.3 is 14.6 Å². The number of aromatic nitrogens is 1. The van der Waals surface area contributed by atoms with Crippen LogP contribution in [0.1, 0.15) is 35.0 Å². The van der Waals surface area contributed by atoms with E-state index >= 15 is 0 Å². The molecule has 1 amide bonds. The maximum atomic E-state index is 12.1. The van der Waals surface area contributed by atoms with Crippen LogP contribution in [-0.4, -0.2) is 30.2 Å².